The van der Waals surface area contributed by atoms with Gasteiger partial charge in [0.05, 0.1) is 35.6 Å². The Morgan fingerprint density at radius 3 is 2.03 bits per heavy atom. The standard InChI is InChI=1S/C25H29F3N4O3/c1-2-32(16-23(34)31-21-14-8-6-12-19(21)25(26,27)28)15-22(33)30-20-13-7-5-11-18(20)24(35)29-17-9-3-4-10-17/h5-8,11-14,17H,2-4,9-10,15-16H2,1H3,(H,29,35)(H,30,33)(H,31,34). The molecule has 0 aromatic heterocycles. The Bertz CT molecular complexity index is 1050. The molecule has 0 atom stereocenters. The molecule has 0 radical (unpaired) electrons. The van der Waals surface area contributed by atoms with Crippen LogP contribution in [0.2, 0.25) is 0 Å². The number of alkyl halides is 3. The van der Waals surface area contributed by atoms with E-state index in [0.717, 1.165) is 31.7 Å². The SMILES string of the molecule is CCN(CC(=O)Nc1ccccc1C(=O)NC1CCCC1)CC(=O)Nc1ccccc1C(F)(F)F. The molecular weight excluding hydrogens is 461 g/mol. The quantitative estimate of drug-likeness (QED) is 0.490. The monoisotopic (exact) mass is 490 g/mol. The van der Waals surface area contributed by atoms with E-state index in [1.807, 2.05) is 0 Å². The first kappa shape index (κ1) is 26.2. The van der Waals surface area contributed by atoms with Gasteiger partial charge in [-0.15, -0.1) is 0 Å². The van der Waals surface area contributed by atoms with Crippen molar-refractivity contribution < 1.29 is 27.6 Å². The van der Waals surface area contributed by atoms with Crippen LogP contribution in [0.5, 0.6) is 0 Å². The zero-order chi connectivity index (χ0) is 25.4. The first-order valence-corrected chi connectivity index (χ1v) is 11.6. The van der Waals surface area contributed by atoms with Gasteiger partial charge in [-0.1, -0.05) is 44.0 Å². The van der Waals surface area contributed by atoms with Crippen LogP contribution in [0, 0.1) is 0 Å². The molecule has 0 heterocycles. The van der Waals surface area contributed by atoms with E-state index in [0.29, 0.717) is 17.8 Å². The Hall–Kier alpha value is -3.40. The van der Waals surface area contributed by atoms with Gasteiger partial charge in [0.1, 0.15) is 0 Å². The summed E-state index contributed by atoms with van der Waals surface area (Å²) in [6, 6.07) is 11.5. The van der Waals surface area contributed by atoms with E-state index in [4.69, 9.17) is 0 Å². The van der Waals surface area contributed by atoms with Crippen LogP contribution < -0.4 is 16.0 Å². The van der Waals surface area contributed by atoms with Crippen LogP contribution in [0.15, 0.2) is 48.5 Å². The molecule has 0 spiro atoms. The summed E-state index contributed by atoms with van der Waals surface area (Å²) in [6.07, 6.45) is -0.592. The second-order valence-corrected chi connectivity index (χ2v) is 8.44. The Morgan fingerprint density at radius 1 is 0.886 bits per heavy atom. The summed E-state index contributed by atoms with van der Waals surface area (Å²) >= 11 is 0. The predicted molar refractivity (Wildman–Crippen MR) is 127 cm³/mol. The molecule has 1 saturated carbocycles. The Labute approximate surface area is 202 Å². The lowest BCUT2D eigenvalue weighted by Crippen LogP contribution is -2.39. The molecule has 1 fully saturated rings. The largest absolute Gasteiger partial charge is 0.418 e. The number of amides is 3. The highest BCUT2D eigenvalue weighted by molar-refractivity contribution is 6.04. The number of para-hydroxylation sites is 2. The van der Waals surface area contributed by atoms with Crippen LogP contribution in [-0.4, -0.2) is 48.3 Å². The molecule has 3 rings (SSSR count). The van der Waals surface area contributed by atoms with Crippen LogP contribution in [0.4, 0.5) is 24.5 Å². The summed E-state index contributed by atoms with van der Waals surface area (Å²) in [5, 5.41) is 7.98. The van der Waals surface area contributed by atoms with Crippen molar-refractivity contribution in [3.05, 3.63) is 59.7 Å². The van der Waals surface area contributed by atoms with E-state index in [1.165, 1.54) is 23.1 Å². The fourth-order valence-corrected chi connectivity index (χ4v) is 4.03. The lowest BCUT2D eigenvalue weighted by atomic mass is 10.1. The third-order valence-electron chi connectivity index (χ3n) is 5.82. The summed E-state index contributed by atoms with van der Waals surface area (Å²) in [5.41, 5.74) is -0.584. The summed E-state index contributed by atoms with van der Waals surface area (Å²) in [5.74, 6) is -1.38. The third kappa shape index (κ3) is 7.54. The van der Waals surface area contributed by atoms with Crippen LogP contribution in [0.25, 0.3) is 0 Å². The zero-order valence-corrected chi connectivity index (χ0v) is 19.5. The maximum atomic E-state index is 13.2. The van der Waals surface area contributed by atoms with E-state index >= 15 is 0 Å². The second kappa shape index (κ2) is 11.8. The van der Waals surface area contributed by atoms with Crippen LogP contribution in [0.1, 0.15) is 48.5 Å². The molecular formula is C25H29F3N4O3. The number of halogens is 3. The van der Waals surface area contributed by atoms with Crippen molar-refractivity contribution in [2.24, 2.45) is 0 Å². The molecule has 3 amide bonds. The van der Waals surface area contributed by atoms with Gasteiger partial charge in [0.25, 0.3) is 5.91 Å². The molecule has 3 N–H and O–H groups in total. The summed E-state index contributed by atoms with van der Waals surface area (Å²) in [7, 11) is 0. The molecule has 0 saturated heterocycles. The van der Waals surface area contributed by atoms with Crippen molar-refractivity contribution in [1.82, 2.24) is 10.2 Å². The number of anilines is 2. The first-order valence-electron chi connectivity index (χ1n) is 11.6. The minimum atomic E-state index is -4.61. The molecule has 0 unspecified atom stereocenters. The van der Waals surface area contributed by atoms with E-state index in [-0.39, 0.29) is 30.7 Å². The minimum absolute atomic E-state index is 0.128. The number of nitrogens with zero attached hydrogens (tertiary/aromatic N) is 1. The van der Waals surface area contributed by atoms with Gasteiger partial charge in [0, 0.05) is 6.04 Å². The maximum absolute atomic E-state index is 13.2. The van der Waals surface area contributed by atoms with E-state index in [1.54, 1.807) is 31.2 Å². The van der Waals surface area contributed by atoms with Crippen molar-refractivity contribution in [2.75, 3.05) is 30.3 Å². The minimum Gasteiger partial charge on any atom is -0.349 e. The fourth-order valence-electron chi connectivity index (χ4n) is 4.03. The van der Waals surface area contributed by atoms with Gasteiger partial charge in [-0.05, 0) is 43.7 Å². The molecule has 35 heavy (non-hydrogen) atoms. The number of carbonyl (C=O) groups is 3. The fraction of sp³-hybridized carbons (Fsp3) is 0.400. The molecule has 2 aromatic carbocycles. The zero-order valence-electron chi connectivity index (χ0n) is 19.5. The first-order chi connectivity index (χ1) is 16.7. The Balaban J connectivity index is 1.59. The molecule has 2 aromatic rings. The number of benzene rings is 2. The normalized spacial score (nSPS) is 14.1. The molecule has 7 nitrogen and oxygen atoms in total. The van der Waals surface area contributed by atoms with Crippen LogP contribution >= 0.6 is 0 Å². The molecule has 0 aliphatic heterocycles. The van der Waals surface area contributed by atoms with Gasteiger partial charge < -0.3 is 16.0 Å². The van der Waals surface area contributed by atoms with Gasteiger partial charge >= 0.3 is 6.18 Å². The lowest BCUT2D eigenvalue weighted by molar-refractivity contribution is -0.137. The molecule has 188 valence electrons. The maximum Gasteiger partial charge on any atom is 0.418 e. The van der Waals surface area contributed by atoms with E-state index in [2.05, 4.69) is 16.0 Å². The van der Waals surface area contributed by atoms with Gasteiger partial charge in [-0.2, -0.15) is 13.2 Å². The number of hydrogen-bond donors (Lipinski definition) is 3. The second-order valence-electron chi connectivity index (χ2n) is 8.44. The summed E-state index contributed by atoms with van der Waals surface area (Å²) < 4.78 is 39.5. The molecule has 0 bridgehead atoms. The number of nitrogens with one attached hydrogen (secondary N) is 3. The van der Waals surface area contributed by atoms with E-state index in [9.17, 15) is 27.6 Å². The highest BCUT2D eigenvalue weighted by Gasteiger charge is 2.33. The van der Waals surface area contributed by atoms with Crippen molar-refractivity contribution in [3.63, 3.8) is 0 Å². The number of likely N-dealkylation sites (N-methyl/N-ethyl adjacent to an activating group) is 1. The van der Waals surface area contributed by atoms with Gasteiger partial charge in [0.2, 0.25) is 11.8 Å². The Morgan fingerprint density at radius 2 is 1.43 bits per heavy atom. The van der Waals surface area contributed by atoms with Gasteiger partial charge in [-0.3, -0.25) is 19.3 Å². The van der Waals surface area contributed by atoms with E-state index < -0.39 is 23.6 Å². The van der Waals surface area contributed by atoms with Crippen molar-refractivity contribution in [2.45, 2.75) is 44.8 Å². The highest BCUT2D eigenvalue weighted by atomic mass is 19.4. The van der Waals surface area contributed by atoms with Crippen molar-refractivity contribution >= 4 is 29.1 Å². The topological polar surface area (TPSA) is 90.5 Å². The number of carbonyl (C=O) groups excluding carboxylic acids is 3. The van der Waals surface area contributed by atoms with Gasteiger partial charge in [-0.25, -0.2) is 0 Å². The average Bonchev–Trinajstić information content (AvgIpc) is 3.31. The number of rotatable bonds is 9. The van der Waals surface area contributed by atoms with Crippen molar-refractivity contribution in [3.8, 4) is 0 Å². The van der Waals surface area contributed by atoms with Crippen LogP contribution in [-0.2, 0) is 15.8 Å². The average molecular weight is 491 g/mol. The summed E-state index contributed by atoms with van der Waals surface area (Å²) in [4.78, 5) is 39.2. The molecule has 10 heteroatoms. The molecule has 1 aliphatic rings. The Kier molecular flexibility index (Phi) is 8.86. The van der Waals surface area contributed by atoms with Gasteiger partial charge in [0.15, 0.2) is 0 Å². The summed E-state index contributed by atoms with van der Waals surface area (Å²) in [6.45, 7) is 1.59. The predicted octanol–water partition coefficient (Wildman–Crippen LogP) is 4.28. The van der Waals surface area contributed by atoms with Crippen molar-refractivity contribution in [1.29, 1.82) is 0 Å². The smallest absolute Gasteiger partial charge is 0.349 e. The lowest BCUT2D eigenvalue weighted by Gasteiger charge is -2.21. The van der Waals surface area contributed by atoms with Crippen LogP contribution in [0.3, 0.4) is 0 Å². The number of hydrogen-bond acceptors (Lipinski definition) is 4. The molecule has 1 aliphatic carbocycles. The third-order valence-corrected chi connectivity index (χ3v) is 5.82. The highest BCUT2D eigenvalue weighted by Crippen LogP contribution is 2.34.